The highest BCUT2D eigenvalue weighted by Crippen LogP contribution is 2.20. The lowest BCUT2D eigenvalue weighted by Gasteiger charge is -2.34. The van der Waals surface area contributed by atoms with Crippen molar-refractivity contribution in [1.29, 1.82) is 0 Å². The second kappa shape index (κ2) is 7.63. The van der Waals surface area contributed by atoms with E-state index in [0.29, 0.717) is 17.8 Å². The molecule has 1 amide bonds. The average Bonchev–Trinajstić information content (AvgIpc) is 2.45. The number of rotatable bonds is 5. The predicted octanol–water partition coefficient (Wildman–Crippen LogP) is 2.68. The molecule has 4 heteroatoms. The summed E-state index contributed by atoms with van der Waals surface area (Å²) in [6.07, 6.45) is 2.33. The molecule has 0 aromatic heterocycles. The van der Waals surface area contributed by atoms with Gasteiger partial charge in [-0.05, 0) is 55.8 Å². The van der Waals surface area contributed by atoms with Gasteiger partial charge in [-0.15, -0.1) is 0 Å². The van der Waals surface area contributed by atoms with Gasteiger partial charge in [-0.3, -0.25) is 4.79 Å². The summed E-state index contributed by atoms with van der Waals surface area (Å²) in [7, 11) is 0. The van der Waals surface area contributed by atoms with E-state index in [1.807, 2.05) is 19.1 Å². The molecule has 0 bridgehead atoms. The van der Waals surface area contributed by atoms with Crippen LogP contribution in [0.25, 0.3) is 0 Å². The van der Waals surface area contributed by atoms with Crippen molar-refractivity contribution in [1.82, 2.24) is 10.2 Å². The Hall–Kier alpha value is -1.55. The molecule has 2 unspecified atom stereocenters. The number of nitrogens with one attached hydrogen (secondary N) is 1. The topological polar surface area (TPSA) is 58.4 Å². The predicted molar refractivity (Wildman–Crippen MR) is 91.9 cm³/mol. The van der Waals surface area contributed by atoms with Crippen molar-refractivity contribution in [2.24, 2.45) is 11.8 Å². The third kappa shape index (κ3) is 4.73. The zero-order valence-electron chi connectivity index (χ0n) is 14.1. The van der Waals surface area contributed by atoms with Crippen molar-refractivity contribution in [2.45, 2.75) is 33.6 Å². The fourth-order valence-corrected chi connectivity index (χ4v) is 3.46. The van der Waals surface area contributed by atoms with Gasteiger partial charge >= 0.3 is 0 Å². The highest BCUT2D eigenvalue weighted by molar-refractivity contribution is 5.96. The smallest absolute Gasteiger partial charge is 0.251 e. The first-order valence-electron chi connectivity index (χ1n) is 8.32. The van der Waals surface area contributed by atoms with Crippen molar-refractivity contribution < 1.29 is 4.79 Å². The average molecular weight is 303 g/mol. The lowest BCUT2D eigenvalue weighted by Crippen LogP contribution is -2.40. The van der Waals surface area contributed by atoms with E-state index in [1.165, 1.54) is 19.5 Å². The van der Waals surface area contributed by atoms with Crippen LogP contribution in [0.3, 0.4) is 0 Å². The van der Waals surface area contributed by atoms with Crippen molar-refractivity contribution in [3.63, 3.8) is 0 Å². The van der Waals surface area contributed by atoms with Crippen LogP contribution < -0.4 is 11.1 Å². The number of hydrogen-bond donors (Lipinski definition) is 2. The van der Waals surface area contributed by atoms with Gasteiger partial charge in [0.05, 0.1) is 0 Å². The molecule has 0 spiro atoms. The number of carbonyl (C=O) groups is 1. The Labute approximate surface area is 134 Å². The first-order valence-corrected chi connectivity index (χ1v) is 8.32. The van der Waals surface area contributed by atoms with E-state index in [0.717, 1.165) is 30.4 Å². The van der Waals surface area contributed by atoms with Crippen LogP contribution in [0.1, 0.15) is 42.6 Å². The van der Waals surface area contributed by atoms with Gasteiger partial charge in [-0.1, -0.05) is 19.9 Å². The van der Waals surface area contributed by atoms with E-state index < -0.39 is 0 Å². The fraction of sp³-hybridized carbons (Fsp3) is 0.611. The van der Waals surface area contributed by atoms with Crippen LogP contribution in [0.5, 0.6) is 0 Å². The monoisotopic (exact) mass is 303 g/mol. The number of piperidine rings is 1. The number of nitrogens with two attached hydrogens (primary N) is 1. The Balaban J connectivity index is 1.74. The zero-order chi connectivity index (χ0) is 16.1. The third-order valence-corrected chi connectivity index (χ3v) is 4.39. The molecule has 1 saturated heterocycles. The standard InChI is InChI=1S/C18H29N3O/c1-13-9-14(2)12-21(11-13)8-4-7-20-18(22)17-10-16(19)6-5-15(17)3/h5-6,10,13-14H,4,7-9,11-12,19H2,1-3H3,(H,20,22). The van der Waals surface area contributed by atoms with Gasteiger partial charge in [0.2, 0.25) is 0 Å². The molecule has 1 aromatic rings. The molecule has 1 aliphatic rings. The molecule has 122 valence electrons. The largest absolute Gasteiger partial charge is 0.399 e. The van der Waals surface area contributed by atoms with E-state index in [-0.39, 0.29) is 5.91 Å². The van der Waals surface area contributed by atoms with E-state index >= 15 is 0 Å². The Bertz CT molecular complexity index is 505. The minimum Gasteiger partial charge on any atom is -0.399 e. The second-order valence-corrected chi connectivity index (χ2v) is 6.89. The van der Waals surface area contributed by atoms with E-state index in [4.69, 9.17) is 5.73 Å². The molecule has 22 heavy (non-hydrogen) atoms. The van der Waals surface area contributed by atoms with Crippen LogP contribution in [0.2, 0.25) is 0 Å². The van der Waals surface area contributed by atoms with Crippen LogP contribution in [-0.4, -0.2) is 37.0 Å². The van der Waals surface area contributed by atoms with E-state index in [1.54, 1.807) is 6.07 Å². The summed E-state index contributed by atoms with van der Waals surface area (Å²) in [5.74, 6) is 1.55. The Kier molecular flexibility index (Phi) is 5.83. The van der Waals surface area contributed by atoms with Crippen molar-refractivity contribution in [3.8, 4) is 0 Å². The number of anilines is 1. The van der Waals surface area contributed by atoms with Crippen molar-refractivity contribution >= 4 is 11.6 Å². The van der Waals surface area contributed by atoms with Crippen LogP contribution in [-0.2, 0) is 0 Å². The Morgan fingerprint density at radius 2 is 2.00 bits per heavy atom. The number of likely N-dealkylation sites (tertiary alicyclic amines) is 1. The maximum Gasteiger partial charge on any atom is 0.251 e. The van der Waals surface area contributed by atoms with E-state index in [9.17, 15) is 4.79 Å². The number of nitrogens with zero attached hydrogens (tertiary/aromatic N) is 1. The third-order valence-electron chi connectivity index (χ3n) is 4.39. The lowest BCUT2D eigenvalue weighted by molar-refractivity contribution is 0.0946. The quantitative estimate of drug-likeness (QED) is 0.649. The van der Waals surface area contributed by atoms with Crippen LogP contribution >= 0.6 is 0 Å². The zero-order valence-corrected chi connectivity index (χ0v) is 14.1. The van der Waals surface area contributed by atoms with Crippen LogP contribution in [0.4, 0.5) is 5.69 Å². The van der Waals surface area contributed by atoms with Gasteiger partial charge in [0, 0.05) is 30.9 Å². The summed E-state index contributed by atoms with van der Waals surface area (Å²) in [5, 5.41) is 3.01. The number of hydrogen-bond acceptors (Lipinski definition) is 3. The molecule has 3 N–H and O–H groups in total. The number of aryl methyl sites for hydroxylation is 1. The normalized spacial score (nSPS) is 22.5. The maximum atomic E-state index is 12.2. The van der Waals surface area contributed by atoms with E-state index in [2.05, 4.69) is 24.1 Å². The molecule has 4 nitrogen and oxygen atoms in total. The summed E-state index contributed by atoms with van der Waals surface area (Å²) in [4.78, 5) is 14.7. The molecule has 2 atom stereocenters. The molecule has 0 radical (unpaired) electrons. The van der Waals surface area contributed by atoms with Gasteiger partial charge in [0.1, 0.15) is 0 Å². The van der Waals surface area contributed by atoms with Gasteiger partial charge in [-0.25, -0.2) is 0 Å². The summed E-state index contributed by atoms with van der Waals surface area (Å²) >= 11 is 0. The fourth-order valence-electron chi connectivity index (χ4n) is 3.46. The summed E-state index contributed by atoms with van der Waals surface area (Å²) < 4.78 is 0. The lowest BCUT2D eigenvalue weighted by atomic mass is 9.92. The molecule has 1 aliphatic heterocycles. The molecule has 1 heterocycles. The Morgan fingerprint density at radius 3 is 2.68 bits per heavy atom. The van der Waals surface area contributed by atoms with Crippen molar-refractivity contribution in [3.05, 3.63) is 29.3 Å². The highest BCUT2D eigenvalue weighted by Gasteiger charge is 2.21. The number of benzene rings is 1. The SMILES string of the molecule is Cc1ccc(N)cc1C(=O)NCCCN1CC(C)CC(C)C1. The second-order valence-electron chi connectivity index (χ2n) is 6.89. The van der Waals surface area contributed by atoms with Crippen LogP contribution in [0, 0.1) is 18.8 Å². The van der Waals surface area contributed by atoms with Gasteiger partial charge < -0.3 is 16.0 Å². The summed E-state index contributed by atoms with van der Waals surface area (Å²) in [5.41, 5.74) is 8.03. The molecule has 2 rings (SSSR count). The highest BCUT2D eigenvalue weighted by atomic mass is 16.1. The number of amides is 1. The first-order chi connectivity index (χ1) is 10.5. The molecular formula is C18H29N3O. The number of nitrogen functional groups attached to an aromatic ring is 1. The van der Waals surface area contributed by atoms with Gasteiger partial charge in [0.25, 0.3) is 5.91 Å². The Morgan fingerprint density at radius 1 is 1.32 bits per heavy atom. The van der Waals surface area contributed by atoms with Gasteiger partial charge in [-0.2, -0.15) is 0 Å². The maximum absolute atomic E-state index is 12.2. The minimum atomic E-state index is -0.0230. The molecule has 1 aromatic carbocycles. The molecule has 0 aliphatic carbocycles. The summed E-state index contributed by atoms with van der Waals surface area (Å²) in [6, 6.07) is 5.46. The summed E-state index contributed by atoms with van der Waals surface area (Å²) in [6.45, 7) is 10.7. The number of carbonyl (C=O) groups excluding carboxylic acids is 1. The minimum absolute atomic E-state index is 0.0230. The van der Waals surface area contributed by atoms with Gasteiger partial charge in [0.15, 0.2) is 0 Å². The van der Waals surface area contributed by atoms with Crippen molar-refractivity contribution in [2.75, 3.05) is 31.9 Å². The molecular weight excluding hydrogens is 274 g/mol. The molecule has 0 saturated carbocycles. The van der Waals surface area contributed by atoms with Crippen LogP contribution in [0.15, 0.2) is 18.2 Å². The molecule has 1 fully saturated rings. The first kappa shape index (κ1) is 16.8.